The van der Waals surface area contributed by atoms with Gasteiger partial charge < -0.3 is 14.5 Å². The third-order valence-corrected chi connectivity index (χ3v) is 3.83. The number of furan rings is 1. The highest BCUT2D eigenvalue weighted by atomic mass is 79.9. The lowest BCUT2D eigenvalue weighted by atomic mass is 10.0. The quantitative estimate of drug-likeness (QED) is 0.873. The summed E-state index contributed by atoms with van der Waals surface area (Å²) < 4.78 is 11.3. The molecule has 2 aromatic rings. The van der Waals surface area contributed by atoms with Crippen LogP contribution in [0, 0.1) is 0 Å². The lowest BCUT2D eigenvalue weighted by molar-refractivity contribution is 0.414. The summed E-state index contributed by atoms with van der Waals surface area (Å²) in [6.07, 6.45) is 1.66. The minimum absolute atomic E-state index is 0.0318. The molecule has 1 atom stereocenters. The van der Waals surface area contributed by atoms with Gasteiger partial charge in [-0.25, -0.2) is 0 Å². The highest BCUT2D eigenvalue weighted by molar-refractivity contribution is 9.10. The van der Waals surface area contributed by atoms with E-state index in [0.717, 1.165) is 22.3 Å². The third-order valence-electron chi connectivity index (χ3n) is 2.87. The maximum absolute atomic E-state index is 6.06. The van der Waals surface area contributed by atoms with Gasteiger partial charge in [0.05, 0.1) is 24.4 Å². The topological polar surface area (TPSA) is 34.4 Å². The van der Waals surface area contributed by atoms with Gasteiger partial charge in [-0.2, -0.15) is 0 Å². The lowest BCUT2D eigenvalue weighted by Gasteiger charge is -2.18. The van der Waals surface area contributed by atoms with E-state index in [4.69, 9.17) is 20.8 Å². The number of halogens is 2. The molecule has 0 aliphatic heterocycles. The van der Waals surface area contributed by atoms with Crippen molar-refractivity contribution in [1.82, 2.24) is 5.32 Å². The summed E-state index contributed by atoms with van der Waals surface area (Å²) in [6, 6.07) is 7.74. The zero-order valence-corrected chi connectivity index (χ0v) is 13.1. The molecule has 0 saturated carbocycles. The van der Waals surface area contributed by atoms with Gasteiger partial charge in [0, 0.05) is 5.56 Å². The monoisotopic (exact) mass is 343 g/mol. The van der Waals surface area contributed by atoms with Gasteiger partial charge in [-0.1, -0.05) is 24.6 Å². The molecule has 2 rings (SSSR count). The van der Waals surface area contributed by atoms with E-state index in [2.05, 4.69) is 28.2 Å². The van der Waals surface area contributed by atoms with Crippen molar-refractivity contribution in [3.8, 4) is 5.75 Å². The number of ether oxygens (including phenoxy) is 1. The standard InChI is InChI=1S/C14H15BrClNO2/c1-3-17-13(10-6-7-19-14(10)15)9-4-5-11(16)12(8-9)18-2/h4-8,13,17H,3H2,1-2H3. The van der Waals surface area contributed by atoms with Crippen molar-refractivity contribution in [2.75, 3.05) is 13.7 Å². The molecule has 1 aromatic carbocycles. The van der Waals surface area contributed by atoms with Gasteiger partial charge in [0.1, 0.15) is 5.75 Å². The van der Waals surface area contributed by atoms with Crippen LogP contribution in [0.5, 0.6) is 5.75 Å². The molecule has 1 N–H and O–H groups in total. The first-order valence-corrected chi connectivity index (χ1v) is 7.14. The Labute approximate surface area is 126 Å². The van der Waals surface area contributed by atoms with E-state index in [0.29, 0.717) is 10.8 Å². The predicted molar refractivity (Wildman–Crippen MR) is 79.9 cm³/mol. The fourth-order valence-corrected chi connectivity index (χ4v) is 2.64. The predicted octanol–water partition coefficient (Wildman–Crippen LogP) is 4.40. The van der Waals surface area contributed by atoms with E-state index in [-0.39, 0.29) is 6.04 Å². The van der Waals surface area contributed by atoms with E-state index in [1.54, 1.807) is 13.4 Å². The van der Waals surface area contributed by atoms with Gasteiger partial charge in [0.25, 0.3) is 0 Å². The van der Waals surface area contributed by atoms with Gasteiger partial charge in [-0.15, -0.1) is 0 Å². The Balaban J connectivity index is 2.42. The second-order valence-corrected chi connectivity index (χ2v) is 5.16. The Kier molecular flexibility index (Phi) is 4.91. The molecule has 1 aromatic heterocycles. The SMILES string of the molecule is CCNC(c1ccc(Cl)c(OC)c1)c1ccoc1Br. The summed E-state index contributed by atoms with van der Waals surface area (Å²) in [5.74, 6) is 0.668. The Morgan fingerprint density at radius 2 is 2.21 bits per heavy atom. The molecule has 19 heavy (non-hydrogen) atoms. The smallest absolute Gasteiger partial charge is 0.174 e. The average Bonchev–Trinajstić information content (AvgIpc) is 2.83. The number of methoxy groups -OCH3 is 1. The molecule has 5 heteroatoms. The first kappa shape index (κ1) is 14.4. The van der Waals surface area contributed by atoms with Gasteiger partial charge >= 0.3 is 0 Å². The molecule has 0 saturated heterocycles. The van der Waals surface area contributed by atoms with Crippen LogP contribution >= 0.6 is 27.5 Å². The minimum atomic E-state index is 0.0318. The first-order chi connectivity index (χ1) is 9.17. The van der Waals surface area contributed by atoms with Crippen molar-refractivity contribution in [1.29, 1.82) is 0 Å². The van der Waals surface area contributed by atoms with Crippen LogP contribution in [-0.2, 0) is 0 Å². The van der Waals surface area contributed by atoms with E-state index in [1.807, 2.05) is 24.3 Å². The van der Waals surface area contributed by atoms with Gasteiger partial charge in [-0.3, -0.25) is 0 Å². The van der Waals surface area contributed by atoms with Crippen LogP contribution in [0.2, 0.25) is 5.02 Å². The zero-order valence-electron chi connectivity index (χ0n) is 10.7. The van der Waals surface area contributed by atoms with Crippen molar-refractivity contribution < 1.29 is 9.15 Å². The molecule has 0 bridgehead atoms. The van der Waals surface area contributed by atoms with Crippen LogP contribution in [0.1, 0.15) is 24.1 Å². The Hall–Kier alpha value is -0.970. The maximum atomic E-state index is 6.06. The van der Waals surface area contributed by atoms with Gasteiger partial charge in [-0.05, 0) is 46.2 Å². The summed E-state index contributed by atoms with van der Waals surface area (Å²) in [7, 11) is 1.61. The molecule has 1 heterocycles. The Bertz CT molecular complexity index is 556. The largest absolute Gasteiger partial charge is 0.495 e. The fourth-order valence-electron chi connectivity index (χ4n) is 1.98. The molecular weight excluding hydrogens is 330 g/mol. The van der Waals surface area contributed by atoms with Crippen molar-refractivity contribution in [2.45, 2.75) is 13.0 Å². The highest BCUT2D eigenvalue weighted by Crippen LogP contribution is 2.33. The van der Waals surface area contributed by atoms with Crippen LogP contribution in [0.25, 0.3) is 0 Å². The van der Waals surface area contributed by atoms with E-state index in [9.17, 15) is 0 Å². The molecule has 0 radical (unpaired) electrons. The number of hydrogen-bond acceptors (Lipinski definition) is 3. The molecule has 3 nitrogen and oxygen atoms in total. The van der Waals surface area contributed by atoms with Crippen molar-refractivity contribution in [3.05, 3.63) is 51.3 Å². The summed E-state index contributed by atoms with van der Waals surface area (Å²) in [4.78, 5) is 0. The number of nitrogens with one attached hydrogen (secondary N) is 1. The maximum Gasteiger partial charge on any atom is 0.174 e. The van der Waals surface area contributed by atoms with Crippen LogP contribution < -0.4 is 10.1 Å². The van der Waals surface area contributed by atoms with Crippen LogP contribution in [0.3, 0.4) is 0 Å². The Morgan fingerprint density at radius 1 is 1.42 bits per heavy atom. The Morgan fingerprint density at radius 3 is 2.79 bits per heavy atom. The molecule has 0 spiro atoms. The van der Waals surface area contributed by atoms with Crippen LogP contribution in [0.15, 0.2) is 39.6 Å². The van der Waals surface area contributed by atoms with Crippen molar-refractivity contribution in [2.24, 2.45) is 0 Å². The third kappa shape index (κ3) is 3.14. The lowest BCUT2D eigenvalue weighted by Crippen LogP contribution is -2.21. The normalized spacial score (nSPS) is 12.4. The molecule has 0 fully saturated rings. The van der Waals surface area contributed by atoms with Crippen molar-refractivity contribution >= 4 is 27.5 Å². The molecule has 0 amide bonds. The van der Waals surface area contributed by atoms with Crippen LogP contribution in [0.4, 0.5) is 0 Å². The average molecular weight is 345 g/mol. The van der Waals surface area contributed by atoms with Crippen molar-refractivity contribution in [3.63, 3.8) is 0 Å². The second-order valence-electron chi connectivity index (χ2n) is 4.03. The number of hydrogen-bond donors (Lipinski definition) is 1. The van der Waals surface area contributed by atoms with E-state index >= 15 is 0 Å². The molecule has 0 aliphatic rings. The first-order valence-electron chi connectivity index (χ1n) is 5.97. The fraction of sp³-hybridized carbons (Fsp3) is 0.286. The number of rotatable bonds is 5. The summed E-state index contributed by atoms with van der Waals surface area (Å²) >= 11 is 9.48. The van der Waals surface area contributed by atoms with Gasteiger partial charge in [0.15, 0.2) is 4.67 Å². The molecule has 102 valence electrons. The minimum Gasteiger partial charge on any atom is -0.495 e. The molecule has 1 unspecified atom stereocenters. The van der Waals surface area contributed by atoms with E-state index in [1.165, 1.54) is 0 Å². The molecular formula is C14H15BrClNO2. The summed E-state index contributed by atoms with van der Waals surface area (Å²) in [5.41, 5.74) is 2.12. The van der Waals surface area contributed by atoms with Crippen LogP contribution in [-0.4, -0.2) is 13.7 Å². The summed E-state index contributed by atoms with van der Waals surface area (Å²) in [6.45, 7) is 2.90. The van der Waals surface area contributed by atoms with Gasteiger partial charge in [0.2, 0.25) is 0 Å². The second kappa shape index (κ2) is 6.46. The zero-order chi connectivity index (χ0) is 13.8. The highest BCUT2D eigenvalue weighted by Gasteiger charge is 2.19. The van der Waals surface area contributed by atoms with E-state index < -0.39 is 0 Å². The number of benzene rings is 1. The molecule has 0 aliphatic carbocycles. The summed E-state index contributed by atoms with van der Waals surface area (Å²) in [5, 5.41) is 4.03.